The van der Waals surface area contributed by atoms with Crippen LogP contribution in [0.25, 0.3) is 0 Å². The second-order valence-corrected chi connectivity index (χ2v) is 5.96. The van der Waals surface area contributed by atoms with Crippen LogP contribution in [0.5, 0.6) is 0 Å². The average Bonchev–Trinajstić information content (AvgIpc) is 3.01. The van der Waals surface area contributed by atoms with E-state index in [4.69, 9.17) is 5.11 Å². The molecule has 3 aliphatic rings. The SMILES string of the molecule is CC(NC(=O)N1C2CCC1C(C(=O)O)C2)C1CC1. The lowest BCUT2D eigenvalue weighted by Crippen LogP contribution is -2.47. The van der Waals surface area contributed by atoms with Crippen molar-refractivity contribution in [2.75, 3.05) is 0 Å². The summed E-state index contributed by atoms with van der Waals surface area (Å²) in [5, 5.41) is 12.2. The molecule has 3 fully saturated rings. The number of urea groups is 1. The van der Waals surface area contributed by atoms with Crippen molar-refractivity contribution in [3.8, 4) is 0 Å². The Morgan fingerprint density at radius 1 is 1.28 bits per heavy atom. The third-order valence-corrected chi connectivity index (χ3v) is 4.77. The molecule has 0 aromatic heterocycles. The van der Waals surface area contributed by atoms with Gasteiger partial charge in [-0.15, -0.1) is 0 Å². The van der Waals surface area contributed by atoms with E-state index in [9.17, 15) is 9.59 Å². The molecule has 4 unspecified atom stereocenters. The van der Waals surface area contributed by atoms with E-state index >= 15 is 0 Å². The first-order chi connectivity index (χ1) is 8.58. The fourth-order valence-electron chi connectivity index (χ4n) is 3.55. The molecular formula is C13H20N2O3. The number of aliphatic carboxylic acids is 1. The molecule has 4 atom stereocenters. The number of nitrogens with zero attached hydrogens (tertiary/aromatic N) is 1. The summed E-state index contributed by atoms with van der Waals surface area (Å²) >= 11 is 0. The zero-order valence-corrected chi connectivity index (χ0v) is 10.6. The van der Waals surface area contributed by atoms with E-state index in [0.29, 0.717) is 12.3 Å². The number of hydrogen-bond donors (Lipinski definition) is 2. The van der Waals surface area contributed by atoms with Crippen molar-refractivity contribution in [3.05, 3.63) is 0 Å². The smallest absolute Gasteiger partial charge is 0.318 e. The van der Waals surface area contributed by atoms with Crippen LogP contribution >= 0.6 is 0 Å². The number of nitrogens with one attached hydrogen (secondary N) is 1. The van der Waals surface area contributed by atoms with Gasteiger partial charge in [-0.25, -0.2) is 4.79 Å². The Bertz CT molecular complexity index is 380. The highest BCUT2D eigenvalue weighted by atomic mass is 16.4. The normalized spacial score (nSPS) is 35.6. The van der Waals surface area contributed by atoms with Gasteiger partial charge in [0.1, 0.15) is 0 Å². The molecule has 0 radical (unpaired) electrons. The van der Waals surface area contributed by atoms with Crippen molar-refractivity contribution in [2.24, 2.45) is 11.8 Å². The second-order valence-electron chi connectivity index (χ2n) is 5.96. The van der Waals surface area contributed by atoms with E-state index in [-0.39, 0.29) is 30.1 Å². The minimum atomic E-state index is -0.754. The molecule has 2 aliphatic heterocycles. The Kier molecular flexibility index (Phi) is 2.72. The summed E-state index contributed by atoms with van der Waals surface area (Å²) in [4.78, 5) is 25.2. The van der Waals surface area contributed by atoms with Crippen molar-refractivity contribution >= 4 is 12.0 Å². The molecular weight excluding hydrogens is 232 g/mol. The molecule has 1 saturated carbocycles. The molecule has 0 aromatic rings. The van der Waals surface area contributed by atoms with Crippen LogP contribution in [0.1, 0.15) is 39.0 Å². The molecule has 0 aromatic carbocycles. The first-order valence-electron chi connectivity index (χ1n) is 6.89. The molecule has 5 nitrogen and oxygen atoms in total. The summed E-state index contributed by atoms with van der Waals surface area (Å²) < 4.78 is 0. The third-order valence-electron chi connectivity index (χ3n) is 4.77. The van der Waals surface area contributed by atoms with Gasteiger partial charge in [-0.3, -0.25) is 4.79 Å². The summed E-state index contributed by atoms with van der Waals surface area (Å²) in [6, 6.07) is 0.229. The van der Waals surface area contributed by atoms with E-state index < -0.39 is 5.97 Å². The number of amides is 2. The molecule has 2 amide bonds. The summed E-state index contributed by atoms with van der Waals surface area (Å²) in [5.41, 5.74) is 0. The molecule has 2 bridgehead atoms. The largest absolute Gasteiger partial charge is 0.481 e. The van der Waals surface area contributed by atoms with Crippen molar-refractivity contribution < 1.29 is 14.7 Å². The minimum absolute atomic E-state index is 0.0503. The predicted molar refractivity (Wildman–Crippen MR) is 65.1 cm³/mol. The second kappa shape index (κ2) is 4.14. The van der Waals surface area contributed by atoms with Gasteiger partial charge in [0.25, 0.3) is 0 Å². The Hall–Kier alpha value is -1.26. The Morgan fingerprint density at radius 3 is 2.56 bits per heavy atom. The van der Waals surface area contributed by atoms with Gasteiger partial charge in [-0.1, -0.05) is 0 Å². The quantitative estimate of drug-likeness (QED) is 0.798. The van der Waals surface area contributed by atoms with Gasteiger partial charge in [0, 0.05) is 18.1 Å². The first-order valence-corrected chi connectivity index (χ1v) is 6.89. The van der Waals surface area contributed by atoms with Gasteiger partial charge in [0.15, 0.2) is 0 Å². The Balaban J connectivity index is 1.65. The lowest BCUT2D eigenvalue weighted by Gasteiger charge is -2.25. The molecule has 100 valence electrons. The highest BCUT2D eigenvalue weighted by molar-refractivity contribution is 5.79. The lowest BCUT2D eigenvalue weighted by molar-refractivity contribution is -0.142. The molecule has 1 aliphatic carbocycles. The van der Waals surface area contributed by atoms with Gasteiger partial charge in [0.05, 0.1) is 5.92 Å². The lowest BCUT2D eigenvalue weighted by atomic mass is 9.89. The van der Waals surface area contributed by atoms with Gasteiger partial charge in [-0.05, 0) is 44.9 Å². The molecule has 5 heteroatoms. The van der Waals surface area contributed by atoms with Gasteiger partial charge in [-0.2, -0.15) is 0 Å². The standard InChI is InChI=1S/C13H20N2O3/c1-7(8-2-3-8)14-13(18)15-9-4-5-11(15)10(6-9)12(16)17/h7-11H,2-6H2,1H3,(H,14,18)(H,16,17). The number of carboxylic acid groups (broad SMARTS) is 1. The maximum absolute atomic E-state index is 12.2. The van der Waals surface area contributed by atoms with Crippen molar-refractivity contribution in [2.45, 2.75) is 57.2 Å². The Labute approximate surface area is 107 Å². The summed E-state index contributed by atoms with van der Waals surface area (Å²) in [7, 11) is 0. The van der Waals surface area contributed by atoms with Crippen LogP contribution in [0.4, 0.5) is 4.79 Å². The minimum Gasteiger partial charge on any atom is -0.481 e. The van der Waals surface area contributed by atoms with Crippen LogP contribution < -0.4 is 5.32 Å². The van der Waals surface area contributed by atoms with Gasteiger partial charge in [0.2, 0.25) is 0 Å². The van der Waals surface area contributed by atoms with Crippen LogP contribution in [0, 0.1) is 11.8 Å². The number of fused-ring (bicyclic) bond motifs is 2. The summed E-state index contributed by atoms with van der Waals surface area (Å²) in [5.74, 6) is -0.481. The highest BCUT2D eigenvalue weighted by Gasteiger charge is 2.51. The van der Waals surface area contributed by atoms with E-state index in [0.717, 1.165) is 12.8 Å². The van der Waals surface area contributed by atoms with E-state index in [1.807, 2.05) is 6.92 Å². The van der Waals surface area contributed by atoms with Crippen LogP contribution in [0.3, 0.4) is 0 Å². The number of carboxylic acids is 1. The fraction of sp³-hybridized carbons (Fsp3) is 0.846. The van der Waals surface area contributed by atoms with Gasteiger partial charge >= 0.3 is 12.0 Å². The zero-order valence-electron chi connectivity index (χ0n) is 10.6. The van der Waals surface area contributed by atoms with Gasteiger partial charge < -0.3 is 15.3 Å². The number of rotatable bonds is 3. The monoisotopic (exact) mass is 252 g/mol. The van der Waals surface area contributed by atoms with Crippen LogP contribution in [-0.2, 0) is 4.79 Å². The number of carbonyl (C=O) groups is 2. The molecule has 2 heterocycles. The maximum atomic E-state index is 12.2. The van der Waals surface area contributed by atoms with Crippen molar-refractivity contribution in [3.63, 3.8) is 0 Å². The van der Waals surface area contributed by atoms with Crippen LogP contribution in [0.2, 0.25) is 0 Å². The topological polar surface area (TPSA) is 69.6 Å². The third kappa shape index (κ3) is 1.85. The summed E-state index contributed by atoms with van der Waals surface area (Å²) in [6.07, 6.45) is 4.83. The van der Waals surface area contributed by atoms with Crippen LogP contribution in [-0.4, -0.2) is 40.1 Å². The predicted octanol–water partition coefficient (Wildman–Crippen LogP) is 1.43. The Morgan fingerprint density at radius 2 is 2.00 bits per heavy atom. The fourth-order valence-corrected chi connectivity index (χ4v) is 3.55. The summed E-state index contributed by atoms with van der Waals surface area (Å²) in [6.45, 7) is 2.04. The molecule has 2 saturated heterocycles. The van der Waals surface area contributed by atoms with Crippen molar-refractivity contribution in [1.29, 1.82) is 0 Å². The number of carbonyl (C=O) groups excluding carboxylic acids is 1. The number of hydrogen-bond acceptors (Lipinski definition) is 2. The van der Waals surface area contributed by atoms with E-state index in [2.05, 4.69) is 5.32 Å². The highest BCUT2D eigenvalue weighted by Crippen LogP contribution is 2.42. The maximum Gasteiger partial charge on any atom is 0.318 e. The zero-order chi connectivity index (χ0) is 12.9. The molecule has 18 heavy (non-hydrogen) atoms. The van der Waals surface area contributed by atoms with Crippen molar-refractivity contribution in [1.82, 2.24) is 10.2 Å². The van der Waals surface area contributed by atoms with E-state index in [1.165, 1.54) is 12.8 Å². The first kappa shape index (κ1) is 11.8. The molecule has 0 spiro atoms. The molecule has 3 rings (SSSR count). The van der Waals surface area contributed by atoms with Crippen LogP contribution in [0.15, 0.2) is 0 Å². The molecule has 2 N–H and O–H groups in total. The average molecular weight is 252 g/mol. The van der Waals surface area contributed by atoms with E-state index in [1.54, 1.807) is 4.90 Å².